The molecule has 1 atom stereocenters. The second-order valence-electron chi connectivity index (χ2n) is 6.76. The van der Waals surface area contributed by atoms with E-state index >= 15 is 0 Å². The lowest BCUT2D eigenvalue weighted by molar-refractivity contribution is -0.124. The number of amides is 1. The quantitative estimate of drug-likeness (QED) is 0.551. The fourth-order valence-electron chi connectivity index (χ4n) is 3.33. The molecule has 4 rings (SSSR count). The number of para-hydroxylation sites is 1. The van der Waals surface area contributed by atoms with Gasteiger partial charge in [0, 0.05) is 0 Å². The van der Waals surface area contributed by atoms with Gasteiger partial charge >= 0.3 is 5.69 Å². The van der Waals surface area contributed by atoms with Gasteiger partial charge in [-0.25, -0.2) is 13.8 Å². The average Bonchev–Trinajstić information content (AvgIpc) is 3.27. The Labute approximate surface area is 170 Å². The predicted octanol–water partition coefficient (Wildman–Crippen LogP) is 2.76. The molecular weight excluding hydrogens is 389 g/mol. The number of halogens is 1. The highest BCUT2D eigenvalue weighted by Crippen LogP contribution is 2.15. The number of fused-ring (bicyclic) bond motifs is 1. The lowest BCUT2D eigenvalue weighted by Crippen LogP contribution is -2.43. The molecule has 4 aromatic rings. The van der Waals surface area contributed by atoms with Crippen molar-refractivity contribution >= 4 is 16.8 Å². The molecule has 7 nitrogen and oxygen atoms in total. The van der Waals surface area contributed by atoms with Crippen LogP contribution in [0.2, 0.25) is 0 Å². The summed E-state index contributed by atoms with van der Waals surface area (Å²) in [6, 6.07) is 14.1. The topological polar surface area (TPSA) is 86.2 Å². The normalized spacial score (nSPS) is 12.1. The number of carbonyl (C=O) groups is 1. The molecule has 152 valence electrons. The minimum Gasteiger partial charge on any atom is -0.467 e. The first-order chi connectivity index (χ1) is 14.5. The summed E-state index contributed by atoms with van der Waals surface area (Å²) in [4.78, 5) is 39.1. The number of hydrogen-bond donors (Lipinski definition) is 1. The molecule has 0 aliphatic rings. The average molecular weight is 407 g/mol. The molecule has 0 aliphatic carbocycles. The fraction of sp³-hybridized carbons (Fsp3) is 0.136. The largest absolute Gasteiger partial charge is 0.467 e. The molecule has 0 fully saturated rings. The number of nitrogens with zero attached hydrogens (tertiary/aromatic N) is 2. The molecule has 2 aromatic heterocycles. The third-order valence-electron chi connectivity index (χ3n) is 4.86. The minimum absolute atomic E-state index is 0.167. The second-order valence-corrected chi connectivity index (χ2v) is 6.76. The third kappa shape index (κ3) is 3.43. The van der Waals surface area contributed by atoms with Crippen LogP contribution in [-0.4, -0.2) is 15.0 Å². The number of benzene rings is 2. The van der Waals surface area contributed by atoms with Crippen molar-refractivity contribution in [2.75, 3.05) is 0 Å². The van der Waals surface area contributed by atoms with Crippen LogP contribution in [0.4, 0.5) is 4.39 Å². The van der Waals surface area contributed by atoms with E-state index in [1.54, 1.807) is 43.3 Å². The van der Waals surface area contributed by atoms with Crippen molar-refractivity contribution in [1.82, 2.24) is 14.5 Å². The summed E-state index contributed by atoms with van der Waals surface area (Å²) < 4.78 is 20.8. The van der Waals surface area contributed by atoms with Crippen molar-refractivity contribution in [3.8, 4) is 5.69 Å². The highest BCUT2D eigenvalue weighted by Gasteiger charge is 2.22. The standard InChI is InChI=1S/C22H18FN3O4/c1-14(20(27)24-13-17-5-4-12-30-17)25-19-7-3-2-6-18(19)21(28)26(22(25)29)16-10-8-15(23)9-11-16/h2-12,14H,13H2,1H3,(H,24,27)/t14-/m0/s1. The number of furan rings is 1. The Morgan fingerprint density at radius 1 is 1.07 bits per heavy atom. The number of rotatable bonds is 5. The summed E-state index contributed by atoms with van der Waals surface area (Å²) >= 11 is 0. The van der Waals surface area contributed by atoms with Crippen molar-refractivity contribution in [2.24, 2.45) is 0 Å². The maximum absolute atomic E-state index is 13.3. The molecule has 0 saturated carbocycles. The van der Waals surface area contributed by atoms with Crippen molar-refractivity contribution in [3.63, 3.8) is 0 Å². The Hall–Kier alpha value is -3.94. The third-order valence-corrected chi connectivity index (χ3v) is 4.86. The van der Waals surface area contributed by atoms with E-state index in [1.807, 2.05) is 0 Å². The Balaban J connectivity index is 1.84. The van der Waals surface area contributed by atoms with Crippen LogP contribution < -0.4 is 16.6 Å². The monoisotopic (exact) mass is 407 g/mol. The maximum Gasteiger partial charge on any atom is 0.336 e. The molecule has 0 spiro atoms. The molecule has 0 unspecified atom stereocenters. The summed E-state index contributed by atoms with van der Waals surface area (Å²) in [5.74, 6) is -0.328. The number of nitrogens with one attached hydrogen (secondary N) is 1. The second kappa shape index (κ2) is 7.82. The van der Waals surface area contributed by atoms with Crippen molar-refractivity contribution in [2.45, 2.75) is 19.5 Å². The van der Waals surface area contributed by atoms with Gasteiger partial charge in [0.25, 0.3) is 5.56 Å². The van der Waals surface area contributed by atoms with E-state index < -0.39 is 29.0 Å². The van der Waals surface area contributed by atoms with Crippen molar-refractivity contribution < 1.29 is 13.6 Å². The van der Waals surface area contributed by atoms with Gasteiger partial charge in [0.15, 0.2) is 0 Å². The SMILES string of the molecule is C[C@@H](C(=O)NCc1ccco1)n1c(=O)n(-c2ccc(F)cc2)c(=O)c2ccccc21. The van der Waals surface area contributed by atoms with Gasteiger partial charge in [0.05, 0.1) is 29.4 Å². The zero-order chi connectivity index (χ0) is 21.3. The first-order valence-electron chi connectivity index (χ1n) is 9.29. The van der Waals surface area contributed by atoms with Gasteiger partial charge in [-0.05, 0) is 55.5 Å². The highest BCUT2D eigenvalue weighted by molar-refractivity contribution is 5.84. The van der Waals surface area contributed by atoms with Crippen LogP contribution >= 0.6 is 0 Å². The smallest absolute Gasteiger partial charge is 0.336 e. The summed E-state index contributed by atoms with van der Waals surface area (Å²) in [5, 5.41) is 3.00. The van der Waals surface area contributed by atoms with Crippen LogP contribution in [0, 0.1) is 5.82 Å². The van der Waals surface area contributed by atoms with Gasteiger partial charge in [-0.15, -0.1) is 0 Å². The molecule has 2 aromatic carbocycles. The molecule has 30 heavy (non-hydrogen) atoms. The molecule has 1 amide bonds. The van der Waals surface area contributed by atoms with E-state index in [0.717, 1.165) is 4.57 Å². The van der Waals surface area contributed by atoms with Gasteiger partial charge in [0.2, 0.25) is 5.91 Å². The Morgan fingerprint density at radius 2 is 1.80 bits per heavy atom. The van der Waals surface area contributed by atoms with E-state index in [-0.39, 0.29) is 17.6 Å². The minimum atomic E-state index is -0.912. The van der Waals surface area contributed by atoms with Gasteiger partial charge in [-0.2, -0.15) is 0 Å². The van der Waals surface area contributed by atoms with Gasteiger partial charge in [-0.3, -0.25) is 14.2 Å². The number of aromatic nitrogens is 2. The summed E-state index contributed by atoms with van der Waals surface area (Å²) in [6.07, 6.45) is 1.50. The lowest BCUT2D eigenvalue weighted by Gasteiger charge is -2.19. The lowest BCUT2D eigenvalue weighted by atomic mass is 10.2. The van der Waals surface area contributed by atoms with Crippen molar-refractivity contribution in [1.29, 1.82) is 0 Å². The Bertz CT molecular complexity index is 1320. The molecule has 0 radical (unpaired) electrons. The molecule has 0 saturated heterocycles. The summed E-state index contributed by atoms with van der Waals surface area (Å²) in [6.45, 7) is 1.74. The van der Waals surface area contributed by atoms with E-state index in [2.05, 4.69) is 5.32 Å². The van der Waals surface area contributed by atoms with Crippen molar-refractivity contribution in [3.05, 3.63) is 99.3 Å². The first kappa shape index (κ1) is 19.4. The van der Waals surface area contributed by atoms with Crippen LogP contribution in [-0.2, 0) is 11.3 Å². The highest BCUT2D eigenvalue weighted by atomic mass is 19.1. The van der Waals surface area contributed by atoms with Gasteiger partial charge in [-0.1, -0.05) is 12.1 Å². The maximum atomic E-state index is 13.3. The number of carbonyl (C=O) groups excluding carboxylic acids is 1. The van der Waals surface area contributed by atoms with Crippen LogP contribution in [0.15, 0.2) is 80.9 Å². The van der Waals surface area contributed by atoms with Crippen LogP contribution in [0.3, 0.4) is 0 Å². The zero-order valence-corrected chi connectivity index (χ0v) is 16.0. The number of hydrogen-bond acceptors (Lipinski definition) is 4. The zero-order valence-electron chi connectivity index (χ0n) is 16.0. The molecule has 0 bridgehead atoms. The van der Waals surface area contributed by atoms with E-state index in [1.165, 1.54) is 35.1 Å². The molecule has 2 heterocycles. The van der Waals surface area contributed by atoms with Crippen LogP contribution in [0.5, 0.6) is 0 Å². The van der Waals surface area contributed by atoms with Crippen LogP contribution in [0.1, 0.15) is 18.7 Å². The van der Waals surface area contributed by atoms with Crippen LogP contribution in [0.25, 0.3) is 16.6 Å². The van der Waals surface area contributed by atoms with Gasteiger partial charge < -0.3 is 9.73 Å². The summed E-state index contributed by atoms with van der Waals surface area (Å²) in [7, 11) is 0. The first-order valence-corrected chi connectivity index (χ1v) is 9.29. The molecule has 0 aliphatic heterocycles. The Kier molecular flexibility index (Phi) is 5.05. The van der Waals surface area contributed by atoms with E-state index in [0.29, 0.717) is 11.3 Å². The molecule has 8 heteroatoms. The Morgan fingerprint density at radius 3 is 2.50 bits per heavy atom. The molecular formula is C22H18FN3O4. The van der Waals surface area contributed by atoms with E-state index in [4.69, 9.17) is 4.42 Å². The fourth-order valence-corrected chi connectivity index (χ4v) is 3.33. The summed E-state index contributed by atoms with van der Waals surface area (Å²) in [5.41, 5.74) is -0.673. The predicted molar refractivity (Wildman–Crippen MR) is 109 cm³/mol. The van der Waals surface area contributed by atoms with Gasteiger partial charge in [0.1, 0.15) is 17.6 Å². The van der Waals surface area contributed by atoms with E-state index in [9.17, 15) is 18.8 Å². The molecule has 1 N–H and O–H groups in total.